The number of hydrogen-bond acceptors (Lipinski definition) is 9. The predicted octanol–water partition coefficient (Wildman–Crippen LogP) is 2.77. The van der Waals surface area contributed by atoms with E-state index in [-0.39, 0.29) is 5.95 Å². The maximum absolute atomic E-state index is 12.4. The van der Waals surface area contributed by atoms with Gasteiger partial charge < -0.3 is 20.7 Å². The number of esters is 1. The molecule has 2 aromatic carbocycles. The smallest absolute Gasteiger partial charge is 0.328 e. The molecule has 1 aliphatic rings. The summed E-state index contributed by atoms with van der Waals surface area (Å²) in [4.78, 5) is 31.0. The highest BCUT2D eigenvalue weighted by atomic mass is 16.5. The number of ether oxygens (including phenoxy) is 1. The Morgan fingerprint density at radius 1 is 1.14 bits per heavy atom. The van der Waals surface area contributed by atoms with Gasteiger partial charge in [-0.15, -0.1) is 0 Å². The number of rotatable bonds is 9. The summed E-state index contributed by atoms with van der Waals surface area (Å²) in [5.74, 6) is 0.189. The summed E-state index contributed by atoms with van der Waals surface area (Å²) in [5, 5.41) is 9.64. The first kappa shape index (κ1) is 24.1. The molecule has 1 saturated heterocycles. The first-order chi connectivity index (χ1) is 17.1. The molecular weight excluding hydrogens is 444 g/mol. The van der Waals surface area contributed by atoms with E-state index in [0.717, 1.165) is 44.0 Å². The molecule has 1 aromatic heterocycles. The van der Waals surface area contributed by atoms with Gasteiger partial charge in [-0.05, 0) is 23.3 Å². The van der Waals surface area contributed by atoms with Gasteiger partial charge in [0.1, 0.15) is 12.4 Å². The van der Waals surface area contributed by atoms with Crippen molar-refractivity contribution in [2.45, 2.75) is 19.0 Å². The highest BCUT2D eigenvalue weighted by Crippen LogP contribution is 2.18. The van der Waals surface area contributed by atoms with Crippen LogP contribution < -0.4 is 16.0 Å². The van der Waals surface area contributed by atoms with Crippen molar-refractivity contribution in [3.8, 4) is 0 Å². The van der Waals surface area contributed by atoms with Crippen molar-refractivity contribution in [3.63, 3.8) is 0 Å². The zero-order valence-electron chi connectivity index (χ0n) is 19.6. The van der Waals surface area contributed by atoms with Crippen LogP contribution in [0.2, 0.25) is 0 Å². The molecule has 180 valence electrons. The number of aromatic nitrogens is 3. The summed E-state index contributed by atoms with van der Waals surface area (Å²) in [5.41, 5.74) is 3.51. The second-order valence-corrected chi connectivity index (χ2v) is 8.19. The summed E-state index contributed by atoms with van der Waals surface area (Å²) in [6, 6.07) is 14.5. The Bertz CT molecular complexity index is 1170. The van der Waals surface area contributed by atoms with Crippen molar-refractivity contribution >= 4 is 29.2 Å². The largest absolute Gasteiger partial charge is 0.467 e. The van der Waals surface area contributed by atoms with Crippen LogP contribution in [0.4, 0.5) is 23.3 Å². The van der Waals surface area contributed by atoms with Crippen LogP contribution in [0.5, 0.6) is 0 Å². The van der Waals surface area contributed by atoms with Crippen molar-refractivity contribution in [1.82, 2.24) is 25.2 Å². The molecule has 2 heterocycles. The van der Waals surface area contributed by atoms with Gasteiger partial charge in [-0.2, -0.15) is 4.98 Å². The van der Waals surface area contributed by atoms with E-state index in [2.05, 4.69) is 52.8 Å². The molecule has 0 amide bonds. The Kier molecular flexibility index (Phi) is 8.17. The molecule has 1 aliphatic heterocycles. The Morgan fingerprint density at radius 2 is 1.91 bits per heavy atom. The summed E-state index contributed by atoms with van der Waals surface area (Å²) in [7, 11) is 1.34. The van der Waals surface area contributed by atoms with E-state index in [4.69, 9.17) is 11.3 Å². The minimum Gasteiger partial charge on any atom is -0.467 e. The van der Waals surface area contributed by atoms with Gasteiger partial charge in [0.05, 0.1) is 13.7 Å². The average Bonchev–Trinajstić information content (AvgIpc) is 2.89. The van der Waals surface area contributed by atoms with Gasteiger partial charge in [-0.3, -0.25) is 4.90 Å². The lowest BCUT2D eigenvalue weighted by Crippen LogP contribution is -2.42. The molecule has 0 saturated carbocycles. The molecule has 3 N–H and O–H groups in total. The number of anilines is 3. The van der Waals surface area contributed by atoms with E-state index in [1.54, 1.807) is 12.1 Å². The Labute approximate surface area is 204 Å². The normalized spacial score (nSPS) is 14.5. The zero-order chi connectivity index (χ0) is 24.5. The third-order valence-corrected chi connectivity index (χ3v) is 5.67. The first-order valence-electron chi connectivity index (χ1n) is 11.4. The number of piperazine rings is 1. The average molecular weight is 473 g/mol. The van der Waals surface area contributed by atoms with Gasteiger partial charge in [-0.25, -0.2) is 19.6 Å². The van der Waals surface area contributed by atoms with Gasteiger partial charge >= 0.3 is 5.97 Å². The quantitative estimate of drug-likeness (QED) is 0.320. The van der Waals surface area contributed by atoms with Crippen molar-refractivity contribution in [3.05, 3.63) is 77.4 Å². The molecule has 0 radical (unpaired) electrons. The van der Waals surface area contributed by atoms with Crippen LogP contribution >= 0.6 is 0 Å². The molecule has 0 unspecified atom stereocenters. The first-order valence-corrected chi connectivity index (χ1v) is 11.4. The Balaban J connectivity index is 1.43. The van der Waals surface area contributed by atoms with Crippen LogP contribution in [0, 0.1) is 6.57 Å². The van der Waals surface area contributed by atoms with Gasteiger partial charge in [0.25, 0.3) is 0 Å². The maximum atomic E-state index is 12.4. The third kappa shape index (κ3) is 6.96. The summed E-state index contributed by atoms with van der Waals surface area (Å²) in [6.45, 7) is 12.1. The van der Waals surface area contributed by atoms with Crippen LogP contribution in [0.3, 0.4) is 0 Å². The minimum absolute atomic E-state index is 0.257. The van der Waals surface area contributed by atoms with Gasteiger partial charge in [0, 0.05) is 44.8 Å². The number of methoxy groups -OCH3 is 1. The van der Waals surface area contributed by atoms with Crippen LogP contribution in [0.1, 0.15) is 11.1 Å². The number of carbonyl (C=O) groups is 1. The molecule has 1 atom stereocenters. The Morgan fingerprint density at radius 3 is 2.66 bits per heavy atom. The topological polar surface area (TPSA) is 109 Å². The molecule has 4 rings (SSSR count). The molecule has 0 spiro atoms. The molecule has 10 nitrogen and oxygen atoms in total. The van der Waals surface area contributed by atoms with Crippen molar-refractivity contribution in [1.29, 1.82) is 0 Å². The summed E-state index contributed by atoms with van der Waals surface area (Å²) >= 11 is 0. The standard InChI is InChI=1S/C25H28N8O2/c1-26-20-8-6-18(7-9-20)15-22(23(34)35-2)31-25-29-17-28-24(32-25)30-21-5-3-4-19(14-21)16-33-12-10-27-11-13-33/h3-9,14,17,22,27H,10-13,15-16H2,2H3,(H2,28,29,30,31,32)/t22-/m0/s1. The SMILES string of the molecule is [C-]#[N+]c1ccc(C[C@H](Nc2ncnc(Nc3cccc(CN4CCNCC4)c3)n2)C(=O)OC)cc1. The zero-order valence-corrected chi connectivity index (χ0v) is 19.6. The second kappa shape index (κ2) is 11.9. The van der Waals surface area contributed by atoms with E-state index < -0.39 is 12.0 Å². The highest BCUT2D eigenvalue weighted by molar-refractivity contribution is 5.79. The fourth-order valence-electron chi connectivity index (χ4n) is 3.86. The lowest BCUT2D eigenvalue weighted by atomic mass is 10.1. The fraction of sp³-hybridized carbons (Fsp3) is 0.320. The van der Waals surface area contributed by atoms with E-state index >= 15 is 0 Å². The van der Waals surface area contributed by atoms with Gasteiger partial charge in [0.2, 0.25) is 11.9 Å². The molecule has 0 aliphatic carbocycles. The molecule has 1 fully saturated rings. The lowest BCUT2D eigenvalue weighted by molar-refractivity contribution is -0.141. The number of benzene rings is 2. The second-order valence-electron chi connectivity index (χ2n) is 8.19. The fourth-order valence-corrected chi connectivity index (χ4v) is 3.86. The minimum atomic E-state index is -0.698. The molecule has 3 aromatic rings. The maximum Gasteiger partial charge on any atom is 0.328 e. The third-order valence-electron chi connectivity index (χ3n) is 5.67. The number of nitrogens with zero attached hydrogens (tertiary/aromatic N) is 5. The molecule has 10 heteroatoms. The predicted molar refractivity (Wildman–Crippen MR) is 134 cm³/mol. The van der Waals surface area contributed by atoms with E-state index in [1.165, 1.54) is 19.0 Å². The number of hydrogen-bond donors (Lipinski definition) is 3. The van der Waals surface area contributed by atoms with E-state index in [0.29, 0.717) is 18.1 Å². The number of carbonyl (C=O) groups excluding carboxylic acids is 1. The van der Waals surface area contributed by atoms with Gasteiger partial charge in [-0.1, -0.05) is 36.4 Å². The summed E-state index contributed by atoms with van der Waals surface area (Å²) < 4.78 is 4.96. The van der Waals surface area contributed by atoms with Crippen LogP contribution in [0.15, 0.2) is 54.9 Å². The number of nitrogens with one attached hydrogen (secondary N) is 3. The van der Waals surface area contributed by atoms with Crippen molar-refractivity contribution < 1.29 is 9.53 Å². The van der Waals surface area contributed by atoms with E-state index in [1.807, 2.05) is 24.3 Å². The van der Waals surface area contributed by atoms with Crippen molar-refractivity contribution in [2.75, 3.05) is 43.9 Å². The molecule has 35 heavy (non-hydrogen) atoms. The van der Waals surface area contributed by atoms with Crippen LogP contribution in [0.25, 0.3) is 4.85 Å². The summed E-state index contributed by atoms with van der Waals surface area (Å²) in [6.07, 6.45) is 1.74. The molecular formula is C25H28N8O2. The van der Waals surface area contributed by atoms with Gasteiger partial charge in [0.15, 0.2) is 5.69 Å². The monoisotopic (exact) mass is 472 g/mol. The van der Waals surface area contributed by atoms with E-state index in [9.17, 15) is 4.79 Å². The lowest BCUT2D eigenvalue weighted by Gasteiger charge is -2.27. The Hall–Kier alpha value is -4.07. The molecule has 0 bridgehead atoms. The highest BCUT2D eigenvalue weighted by Gasteiger charge is 2.21. The van der Waals surface area contributed by atoms with Crippen LogP contribution in [-0.2, 0) is 22.5 Å². The van der Waals surface area contributed by atoms with Crippen LogP contribution in [-0.4, -0.2) is 65.2 Å². The van der Waals surface area contributed by atoms with Crippen molar-refractivity contribution in [2.24, 2.45) is 0 Å².